The molecule has 0 aliphatic heterocycles. The molecule has 1 aliphatic rings. The lowest BCUT2D eigenvalue weighted by atomic mass is 10.3. The summed E-state index contributed by atoms with van der Waals surface area (Å²) in [6.45, 7) is 2.33. The minimum absolute atomic E-state index is 0.258. The van der Waals surface area contributed by atoms with Gasteiger partial charge in [-0.3, -0.25) is 9.29 Å². The molecule has 17 heavy (non-hydrogen) atoms. The van der Waals surface area contributed by atoms with E-state index in [2.05, 4.69) is 4.98 Å². The fraction of sp³-hybridized carbons (Fsp3) is 0.583. The average molecular weight is 254 g/mol. The first-order valence-corrected chi connectivity index (χ1v) is 7.65. The number of rotatable bonds is 6. The predicted octanol–water partition coefficient (Wildman–Crippen LogP) is 2.04. The Hall–Kier alpha value is -1.10. The van der Waals surface area contributed by atoms with Crippen molar-refractivity contribution in [1.82, 2.24) is 4.98 Å². The van der Waals surface area contributed by atoms with Gasteiger partial charge in [-0.15, -0.1) is 0 Å². The molecule has 4 nitrogen and oxygen atoms in total. The highest BCUT2D eigenvalue weighted by Crippen LogP contribution is 2.33. The molecule has 0 aromatic carbocycles. The van der Waals surface area contributed by atoms with E-state index in [-0.39, 0.29) is 5.75 Å². The molecule has 0 N–H and O–H groups in total. The number of sulfonamides is 1. The van der Waals surface area contributed by atoms with Gasteiger partial charge in [0, 0.05) is 18.9 Å². The molecule has 0 saturated heterocycles. The number of aromatic nitrogens is 1. The molecule has 2 rings (SSSR count). The highest BCUT2D eigenvalue weighted by atomic mass is 32.2. The lowest BCUT2D eigenvalue weighted by Gasteiger charge is -2.22. The number of hydrogen-bond donors (Lipinski definition) is 0. The first-order valence-electron chi connectivity index (χ1n) is 6.04. The highest BCUT2D eigenvalue weighted by Gasteiger charge is 2.27. The zero-order chi connectivity index (χ0) is 12.3. The second kappa shape index (κ2) is 5.04. The quantitative estimate of drug-likeness (QED) is 0.780. The third-order valence-electron chi connectivity index (χ3n) is 3.05. The lowest BCUT2D eigenvalue weighted by molar-refractivity contribution is 0.586. The van der Waals surface area contributed by atoms with Crippen molar-refractivity contribution in [3.8, 4) is 0 Å². The molecular weight excluding hydrogens is 236 g/mol. The first-order chi connectivity index (χ1) is 8.13. The van der Waals surface area contributed by atoms with Crippen LogP contribution in [0.1, 0.15) is 26.2 Å². The van der Waals surface area contributed by atoms with E-state index in [9.17, 15) is 8.42 Å². The highest BCUT2D eigenvalue weighted by molar-refractivity contribution is 7.92. The summed E-state index contributed by atoms with van der Waals surface area (Å²) in [4.78, 5) is 3.91. The van der Waals surface area contributed by atoms with Gasteiger partial charge < -0.3 is 0 Å². The van der Waals surface area contributed by atoms with Crippen LogP contribution in [-0.2, 0) is 10.0 Å². The molecular formula is C12H18N2O2S. The largest absolute Gasteiger partial charge is 0.270 e. The predicted molar refractivity (Wildman–Crippen MR) is 68.4 cm³/mol. The molecule has 0 bridgehead atoms. The Labute approximate surface area is 103 Å². The molecule has 1 saturated carbocycles. The lowest BCUT2D eigenvalue weighted by Crippen LogP contribution is -2.33. The van der Waals surface area contributed by atoms with Gasteiger partial charge >= 0.3 is 0 Å². The van der Waals surface area contributed by atoms with Crippen molar-refractivity contribution < 1.29 is 8.42 Å². The molecule has 0 unspecified atom stereocenters. The Morgan fingerprint density at radius 3 is 2.53 bits per heavy atom. The van der Waals surface area contributed by atoms with Gasteiger partial charge in [0.25, 0.3) is 0 Å². The van der Waals surface area contributed by atoms with Gasteiger partial charge in [-0.2, -0.15) is 0 Å². The van der Waals surface area contributed by atoms with Crippen molar-refractivity contribution in [2.75, 3.05) is 16.6 Å². The topological polar surface area (TPSA) is 50.3 Å². The summed E-state index contributed by atoms with van der Waals surface area (Å²) in [6.07, 6.45) is 6.42. The molecule has 1 aromatic heterocycles. The van der Waals surface area contributed by atoms with Crippen molar-refractivity contribution in [1.29, 1.82) is 0 Å². The van der Waals surface area contributed by atoms with E-state index in [1.165, 1.54) is 17.1 Å². The second-order valence-electron chi connectivity index (χ2n) is 4.42. The maximum Gasteiger partial charge on any atom is 0.235 e. The molecule has 1 heterocycles. The average Bonchev–Trinajstić information content (AvgIpc) is 3.12. The van der Waals surface area contributed by atoms with Gasteiger partial charge in [-0.25, -0.2) is 8.42 Å². The van der Waals surface area contributed by atoms with Gasteiger partial charge in [-0.05, 0) is 31.4 Å². The zero-order valence-corrected chi connectivity index (χ0v) is 10.9. The standard InChI is InChI=1S/C12H18N2O2S/c1-2-14(12-5-8-13-9-6-12)17(15,16)10-7-11-3-4-11/h5-6,8-9,11H,2-4,7,10H2,1H3. The summed E-state index contributed by atoms with van der Waals surface area (Å²) >= 11 is 0. The summed E-state index contributed by atoms with van der Waals surface area (Å²) in [5, 5.41) is 0. The van der Waals surface area contributed by atoms with Crippen molar-refractivity contribution in [3.63, 3.8) is 0 Å². The van der Waals surface area contributed by atoms with Crippen molar-refractivity contribution in [2.45, 2.75) is 26.2 Å². The van der Waals surface area contributed by atoms with Crippen LogP contribution in [0.5, 0.6) is 0 Å². The SMILES string of the molecule is CCN(c1ccncc1)S(=O)(=O)CCC1CC1. The van der Waals surface area contributed by atoms with E-state index >= 15 is 0 Å². The van der Waals surface area contributed by atoms with Crippen molar-refractivity contribution in [3.05, 3.63) is 24.5 Å². The summed E-state index contributed by atoms with van der Waals surface area (Å²) in [5.74, 6) is 0.898. The van der Waals surface area contributed by atoms with E-state index in [1.54, 1.807) is 24.5 Å². The normalized spacial score (nSPS) is 15.8. The maximum atomic E-state index is 12.2. The van der Waals surface area contributed by atoms with Crippen LogP contribution < -0.4 is 4.31 Å². The van der Waals surface area contributed by atoms with E-state index in [0.29, 0.717) is 18.2 Å². The van der Waals surface area contributed by atoms with E-state index in [0.717, 1.165) is 6.42 Å². The zero-order valence-electron chi connectivity index (χ0n) is 10.0. The van der Waals surface area contributed by atoms with Crippen LogP contribution in [0.25, 0.3) is 0 Å². The summed E-state index contributed by atoms with van der Waals surface area (Å²) in [7, 11) is -3.18. The monoisotopic (exact) mass is 254 g/mol. The van der Waals surface area contributed by atoms with Crippen LogP contribution in [0.4, 0.5) is 5.69 Å². The minimum Gasteiger partial charge on any atom is -0.270 e. The van der Waals surface area contributed by atoms with Gasteiger partial charge in [0.15, 0.2) is 0 Å². The Bertz CT molecular complexity index is 455. The first kappa shape index (κ1) is 12.4. The van der Waals surface area contributed by atoms with Crippen LogP contribution in [0.2, 0.25) is 0 Å². The molecule has 1 aliphatic carbocycles. The van der Waals surface area contributed by atoms with Gasteiger partial charge in [0.1, 0.15) is 0 Å². The molecule has 0 spiro atoms. The molecule has 0 radical (unpaired) electrons. The third kappa shape index (κ3) is 3.19. The molecule has 5 heteroatoms. The van der Waals surface area contributed by atoms with E-state index < -0.39 is 10.0 Å². The van der Waals surface area contributed by atoms with Crippen LogP contribution in [0, 0.1) is 5.92 Å². The van der Waals surface area contributed by atoms with Gasteiger partial charge in [0.2, 0.25) is 10.0 Å². The van der Waals surface area contributed by atoms with Crippen LogP contribution in [-0.4, -0.2) is 25.7 Å². The number of anilines is 1. The number of nitrogens with zero attached hydrogens (tertiary/aromatic N) is 2. The Balaban J connectivity index is 2.10. The van der Waals surface area contributed by atoms with Gasteiger partial charge in [-0.1, -0.05) is 12.8 Å². The molecule has 1 aromatic rings. The Kier molecular flexibility index (Phi) is 3.66. The fourth-order valence-electron chi connectivity index (χ4n) is 1.88. The Morgan fingerprint density at radius 1 is 1.35 bits per heavy atom. The summed E-state index contributed by atoms with van der Waals surface area (Å²) < 4.78 is 25.9. The van der Waals surface area contributed by atoms with E-state index in [4.69, 9.17) is 0 Å². The molecule has 0 atom stereocenters. The molecule has 0 amide bonds. The maximum absolute atomic E-state index is 12.2. The summed E-state index contributed by atoms with van der Waals surface area (Å²) in [6, 6.07) is 3.47. The number of pyridine rings is 1. The Morgan fingerprint density at radius 2 is 2.00 bits per heavy atom. The van der Waals surface area contributed by atoms with Crippen LogP contribution >= 0.6 is 0 Å². The van der Waals surface area contributed by atoms with Crippen molar-refractivity contribution >= 4 is 15.7 Å². The third-order valence-corrected chi connectivity index (χ3v) is 4.95. The minimum atomic E-state index is -3.18. The van der Waals surface area contributed by atoms with Gasteiger partial charge in [0.05, 0.1) is 11.4 Å². The number of hydrogen-bond acceptors (Lipinski definition) is 3. The summed E-state index contributed by atoms with van der Waals surface area (Å²) in [5.41, 5.74) is 0.707. The van der Waals surface area contributed by atoms with Crippen LogP contribution in [0.15, 0.2) is 24.5 Å². The van der Waals surface area contributed by atoms with Crippen molar-refractivity contribution in [2.24, 2.45) is 5.92 Å². The molecule has 94 valence electrons. The van der Waals surface area contributed by atoms with E-state index in [1.807, 2.05) is 6.92 Å². The van der Waals surface area contributed by atoms with Crippen LogP contribution in [0.3, 0.4) is 0 Å². The second-order valence-corrected chi connectivity index (χ2v) is 6.43. The smallest absolute Gasteiger partial charge is 0.235 e. The molecule has 1 fully saturated rings. The fourth-order valence-corrected chi connectivity index (χ4v) is 3.57.